The van der Waals surface area contributed by atoms with E-state index in [9.17, 15) is 9.59 Å². The molecule has 27 heavy (non-hydrogen) atoms. The molecule has 2 amide bonds. The Morgan fingerprint density at radius 3 is 2.22 bits per heavy atom. The van der Waals surface area contributed by atoms with Crippen LogP contribution in [-0.4, -0.2) is 33.8 Å². The molecule has 0 bridgehead atoms. The van der Waals surface area contributed by atoms with Gasteiger partial charge < -0.3 is 0 Å². The maximum atomic E-state index is 12.0. The molecular weight excluding hydrogens is 380 g/mol. The summed E-state index contributed by atoms with van der Waals surface area (Å²) in [6.07, 6.45) is -0.370. The molecular formula is C19H20N4O2S2. The van der Waals surface area contributed by atoms with Crippen LogP contribution in [-0.2, 0) is 9.59 Å². The summed E-state index contributed by atoms with van der Waals surface area (Å²) in [6.45, 7) is 1.92. The number of thiocarbonyl (C=S) groups is 2. The molecule has 0 saturated heterocycles. The van der Waals surface area contributed by atoms with Gasteiger partial charge in [-0.25, -0.2) is 0 Å². The van der Waals surface area contributed by atoms with Crippen molar-refractivity contribution >= 4 is 46.2 Å². The van der Waals surface area contributed by atoms with Crippen LogP contribution in [0.4, 0.5) is 0 Å². The zero-order valence-electron chi connectivity index (χ0n) is 15.0. The van der Waals surface area contributed by atoms with Gasteiger partial charge in [0.25, 0.3) is 0 Å². The number of nitrogens with one attached hydrogen (secondary N) is 3. The summed E-state index contributed by atoms with van der Waals surface area (Å²) < 4.78 is 0. The SMILES string of the molecule is Cc1ccccc1C(=S)NNC(=O)CC(=O)NN(C)C(=S)c1ccccc1. The fourth-order valence-electron chi connectivity index (χ4n) is 2.26. The average Bonchev–Trinajstić information content (AvgIpc) is 2.66. The minimum atomic E-state index is -0.512. The second-order valence-corrected chi connectivity index (χ2v) is 6.55. The number of hydrogen-bond acceptors (Lipinski definition) is 4. The van der Waals surface area contributed by atoms with Crippen LogP contribution in [0.15, 0.2) is 54.6 Å². The van der Waals surface area contributed by atoms with E-state index >= 15 is 0 Å². The summed E-state index contributed by atoms with van der Waals surface area (Å²) in [5.74, 6) is -1.00. The number of benzene rings is 2. The first-order chi connectivity index (χ1) is 12.9. The maximum absolute atomic E-state index is 12.0. The lowest BCUT2D eigenvalue weighted by molar-refractivity contribution is -0.131. The molecule has 2 aromatic rings. The monoisotopic (exact) mass is 400 g/mol. The summed E-state index contributed by atoms with van der Waals surface area (Å²) in [5, 5.41) is 1.41. The fourth-order valence-corrected chi connectivity index (χ4v) is 2.73. The molecule has 2 aromatic carbocycles. The predicted octanol–water partition coefficient (Wildman–Crippen LogP) is 2.02. The fraction of sp³-hybridized carbons (Fsp3) is 0.158. The third kappa shape index (κ3) is 6.12. The Kier molecular flexibility index (Phi) is 7.39. The van der Waals surface area contributed by atoms with E-state index in [0.717, 1.165) is 16.7 Å². The van der Waals surface area contributed by atoms with E-state index in [-0.39, 0.29) is 6.42 Å². The molecule has 6 nitrogen and oxygen atoms in total. The molecule has 0 aliphatic carbocycles. The summed E-state index contributed by atoms with van der Waals surface area (Å²) in [7, 11) is 1.62. The van der Waals surface area contributed by atoms with E-state index in [2.05, 4.69) is 16.3 Å². The smallest absolute Gasteiger partial charge is 0.248 e. The summed E-state index contributed by atoms with van der Waals surface area (Å²) in [4.78, 5) is 24.8. The van der Waals surface area contributed by atoms with Gasteiger partial charge in [-0.3, -0.25) is 30.9 Å². The zero-order chi connectivity index (χ0) is 19.8. The lowest BCUT2D eigenvalue weighted by Gasteiger charge is -2.21. The van der Waals surface area contributed by atoms with Crippen LogP contribution in [0, 0.1) is 6.92 Å². The first-order valence-corrected chi connectivity index (χ1v) is 8.97. The highest BCUT2D eigenvalue weighted by Gasteiger charge is 2.14. The maximum Gasteiger partial charge on any atom is 0.248 e. The van der Waals surface area contributed by atoms with Crippen LogP contribution in [0.3, 0.4) is 0 Å². The van der Waals surface area contributed by atoms with Gasteiger partial charge in [0.05, 0.1) is 0 Å². The van der Waals surface area contributed by atoms with E-state index < -0.39 is 11.8 Å². The van der Waals surface area contributed by atoms with Crippen molar-refractivity contribution in [2.45, 2.75) is 13.3 Å². The standard InChI is InChI=1S/C19H20N4O2S2/c1-13-8-6-7-11-15(13)18(26)21-20-16(24)12-17(25)22-23(2)19(27)14-9-4-3-5-10-14/h3-11H,12H2,1-2H3,(H,20,24)(H,21,26)(H,22,25). The van der Waals surface area contributed by atoms with Gasteiger partial charge >= 0.3 is 0 Å². The highest BCUT2D eigenvalue weighted by Crippen LogP contribution is 2.07. The van der Waals surface area contributed by atoms with Crippen molar-refractivity contribution in [3.05, 3.63) is 71.3 Å². The number of hydrazine groups is 2. The van der Waals surface area contributed by atoms with E-state index in [4.69, 9.17) is 24.4 Å². The summed E-state index contributed by atoms with van der Waals surface area (Å²) in [5.41, 5.74) is 10.3. The van der Waals surface area contributed by atoms with E-state index in [1.807, 2.05) is 61.5 Å². The molecule has 8 heteroatoms. The summed E-state index contributed by atoms with van der Waals surface area (Å²) in [6, 6.07) is 16.8. The van der Waals surface area contributed by atoms with Crippen molar-refractivity contribution in [1.82, 2.24) is 21.3 Å². The van der Waals surface area contributed by atoms with Crippen LogP contribution >= 0.6 is 24.4 Å². The molecule has 0 aliphatic heterocycles. The van der Waals surface area contributed by atoms with Gasteiger partial charge in [-0.15, -0.1) is 0 Å². The second-order valence-electron chi connectivity index (χ2n) is 5.76. The molecule has 0 heterocycles. The number of aryl methyl sites for hydroxylation is 1. The van der Waals surface area contributed by atoms with Crippen molar-refractivity contribution in [3.63, 3.8) is 0 Å². The van der Waals surface area contributed by atoms with E-state index in [0.29, 0.717) is 9.98 Å². The van der Waals surface area contributed by atoms with Crippen molar-refractivity contribution < 1.29 is 9.59 Å². The molecule has 2 rings (SSSR count). The highest BCUT2D eigenvalue weighted by molar-refractivity contribution is 7.81. The Morgan fingerprint density at radius 1 is 0.926 bits per heavy atom. The van der Waals surface area contributed by atoms with Crippen LogP contribution in [0.1, 0.15) is 23.1 Å². The number of amides is 2. The quantitative estimate of drug-likeness (QED) is 0.414. The topological polar surface area (TPSA) is 73.5 Å². The minimum Gasteiger partial charge on any atom is -0.288 e. The predicted molar refractivity (Wildman–Crippen MR) is 113 cm³/mol. The lowest BCUT2D eigenvalue weighted by Crippen LogP contribution is -2.47. The Labute approximate surface area is 168 Å². The van der Waals surface area contributed by atoms with Gasteiger partial charge in [-0.2, -0.15) is 0 Å². The van der Waals surface area contributed by atoms with Crippen LogP contribution < -0.4 is 16.3 Å². The number of rotatable bonds is 4. The molecule has 0 fully saturated rings. The van der Waals surface area contributed by atoms with Gasteiger partial charge in [0.2, 0.25) is 11.8 Å². The molecule has 0 saturated carbocycles. The largest absolute Gasteiger partial charge is 0.288 e. The molecule has 0 unspecified atom stereocenters. The van der Waals surface area contributed by atoms with Gasteiger partial charge in [-0.05, 0) is 12.5 Å². The van der Waals surface area contributed by atoms with Crippen molar-refractivity contribution in [2.24, 2.45) is 0 Å². The Balaban J connectivity index is 1.80. The van der Waals surface area contributed by atoms with Crippen LogP contribution in [0.25, 0.3) is 0 Å². The van der Waals surface area contributed by atoms with Crippen molar-refractivity contribution in [3.8, 4) is 0 Å². The number of nitrogens with zero attached hydrogens (tertiary/aromatic N) is 1. The first kappa shape index (κ1) is 20.5. The normalized spacial score (nSPS) is 9.85. The number of carbonyl (C=O) groups is 2. The van der Waals surface area contributed by atoms with Gasteiger partial charge in [-0.1, -0.05) is 79.0 Å². The van der Waals surface area contributed by atoms with Gasteiger partial charge in [0.1, 0.15) is 16.4 Å². The number of hydrogen-bond donors (Lipinski definition) is 3. The zero-order valence-corrected chi connectivity index (χ0v) is 16.6. The Morgan fingerprint density at radius 2 is 1.56 bits per heavy atom. The average molecular weight is 401 g/mol. The molecule has 3 N–H and O–H groups in total. The Hall–Kier alpha value is -2.84. The lowest BCUT2D eigenvalue weighted by atomic mass is 10.1. The molecule has 0 spiro atoms. The first-order valence-electron chi connectivity index (χ1n) is 8.16. The highest BCUT2D eigenvalue weighted by atomic mass is 32.1. The minimum absolute atomic E-state index is 0.370. The molecule has 0 aromatic heterocycles. The van der Waals surface area contributed by atoms with E-state index in [1.54, 1.807) is 7.05 Å². The summed E-state index contributed by atoms with van der Waals surface area (Å²) >= 11 is 10.6. The molecule has 0 radical (unpaired) electrons. The Bertz CT molecular complexity index is 856. The van der Waals surface area contributed by atoms with Crippen LogP contribution in [0.5, 0.6) is 0 Å². The number of carbonyl (C=O) groups excluding carboxylic acids is 2. The van der Waals surface area contributed by atoms with Gasteiger partial charge in [0, 0.05) is 18.2 Å². The van der Waals surface area contributed by atoms with Crippen LogP contribution in [0.2, 0.25) is 0 Å². The molecule has 0 atom stereocenters. The molecule has 140 valence electrons. The van der Waals surface area contributed by atoms with E-state index in [1.165, 1.54) is 5.01 Å². The second kappa shape index (κ2) is 9.75. The van der Waals surface area contributed by atoms with Gasteiger partial charge in [0.15, 0.2) is 0 Å². The van der Waals surface area contributed by atoms with Crippen molar-refractivity contribution in [1.29, 1.82) is 0 Å². The van der Waals surface area contributed by atoms with Crippen molar-refractivity contribution in [2.75, 3.05) is 7.05 Å². The molecule has 0 aliphatic rings. The third-order valence-electron chi connectivity index (χ3n) is 3.64. The third-order valence-corrected chi connectivity index (χ3v) is 4.48.